The number of benzene rings is 1. The summed E-state index contributed by atoms with van der Waals surface area (Å²) >= 11 is 0. The summed E-state index contributed by atoms with van der Waals surface area (Å²) in [5.74, 6) is 0. The highest BCUT2D eigenvalue weighted by molar-refractivity contribution is 5.33. The number of aliphatic hydroxyl groups excluding tert-OH is 1. The summed E-state index contributed by atoms with van der Waals surface area (Å²) in [6.45, 7) is 4.05. The van der Waals surface area contributed by atoms with Gasteiger partial charge in [0.15, 0.2) is 0 Å². The van der Waals surface area contributed by atoms with E-state index in [-0.39, 0.29) is 6.10 Å². The van der Waals surface area contributed by atoms with Gasteiger partial charge in [-0.2, -0.15) is 5.10 Å². The lowest BCUT2D eigenvalue weighted by molar-refractivity contribution is 0.0310. The van der Waals surface area contributed by atoms with Gasteiger partial charge < -0.3 is 20.1 Å². The van der Waals surface area contributed by atoms with Gasteiger partial charge in [0.2, 0.25) is 0 Å². The molecule has 0 spiro atoms. The lowest BCUT2D eigenvalue weighted by Crippen LogP contribution is -2.45. The van der Waals surface area contributed by atoms with Gasteiger partial charge in [-0.1, -0.05) is 12.1 Å². The fourth-order valence-electron chi connectivity index (χ4n) is 3.31. The average molecular weight is 344 g/mol. The summed E-state index contributed by atoms with van der Waals surface area (Å²) in [7, 11) is 1.63. The van der Waals surface area contributed by atoms with E-state index in [0.717, 1.165) is 38.2 Å². The minimum Gasteiger partial charge on any atom is -0.389 e. The topological polar surface area (TPSA) is 62.6 Å². The molecule has 3 rings (SSSR count). The van der Waals surface area contributed by atoms with Gasteiger partial charge in [-0.05, 0) is 49.7 Å². The molecule has 2 N–H and O–H groups in total. The summed E-state index contributed by atoms with van der Waals surface area (Å²) < 4.78 is 6.86. The number of methoxy groups -OCH3 is 1. The van der Waals surface area contributed by atoms with E-state index in [4.69, 9.17) is 4.74 Å². The van der Waals surface area contributed by atoms with Gasteiger partial charge >= 0.3 is 0 Å². The molecule has 0 bridgehead atoms. The van der Waals surface area contributed by atoms with Gasteiger partial charge in [0, 0.05) is 38.6 Å². The molecular weight excluding hydrogens is 316 g/mol. The molecule has 6 nitrogen and oxygen atoms in total. The zero-order chi connectivity index (χ0) is 17.5. The second kappa shape index (κ2) is 9.10. The van der Waals surface area contributed by atoms with Gasteiger partial charge in [0.25, 0.3) is 0 Å². The number of likely N-dealkylation sites (tertiary alicyclic amines) is 1. The van der Waals surface area contributed by atoms with Crippen LogP contribution in [0.5, 0.6) is 0 Å². The molecule has 1 aromatic carbocycles. The van der Waals surface area contributed by atoms with Crippen molar-refractivity contribution in [3.8, 4) is 5.69 Å². The van der Waals surface area contributed by atoms with Gasteiger partial charge in [0.05, 0.1) is 18.4 Å². The third-order valence-corrected chi connectivity index (χ3v) is 4.72. The number of hydrogen-bond donors (Lipinski definition) is 2. The smallest absolute Gasteiger partial charge is 0.0900 e. The Bertz CT molecular complexity index is 607. The summed E-state index contributed by atoms with van der Waals surface area (Å²) in [4.78, 5) is 2.32. The minimum atomic E-state index is -0.386. The van der Waals surface area contributed by atoms with Crippen molar-refractivity contribution in [2.75, 3.05) is 33.4 Å². The van der Waals surface area contributed by atoms with E-state index in [1.807, 2.05) is 16.9 Å². The summed E-state index contributed by atoms with van der Waals surface area (Å²) in [6, 6.07) is 11.0. The largest absolute Gasteiger partial charge is 0.389 e. The third-order valence-electron chi connectivity index (χ3n) is 4.72. The Balaban J connectivity index is 1.40. The predicted molar refractivity (Wildman–Crippen MR) is 97.7 cm³/mol. The quantitative estimate of drug-likeness (QED) is 0.759. The molecule has 1 unspecified atom stereocenters. The predicted octanol–water partition coefficient (Wildman–Crippen LogP) is 1.43. The molecule has 1 aromatic heterocycles. The maximum Gasteiger partial charge on any atom is 0.0900 e. The Morgan fingerprint density at radius 1 is 1.28 bits per heavy atom. The van der Waals surface area contributed by atoms with E-state index in [1.54, 1.807) is 13.3 Å². The van der Waals surface area contributed by atoms with Crippen molar-refractivity contribution in [2.24, 2.45) is 0 Å². The molecule has 1 aliphatic heterocycles. The van der Waals surface area contributed by atoms with Gasteiger partial charge in [-0.25, -0.2) is 4.68 Å². The van der Waals surface area contributed by atoms with E-state index in [0.29, 0.717) is 19.2 Å². The molecule has 136 valence electrons. The number of rotatable bonds is 8. The van der Waals surface area contributed by atoms with Crippen LogP contribution < -0.4 is 5.32 Å². The van der Waals surface area contributed by atoms with Crippen LogP contribution in [0.1, 0.15) is 18.4 Å². The second-order valence-corrected chi connectivity index (χ2v) is 6.68. The molecule has 0 amide bonds. The van der Waals surface area contributed by atoms with Gasteiger partial charge in [0.1, 0.15) is 0 Å². The highest BCUT2D eigenvalue weighted by atomic mass is 16.5. The first-order chi connectivity index (χ1) is 12.2. The zero-order valence-electron chi connectivity index (χ0n) is 14.8. The van der Waals surface area contributed by atoms with Crippen LogP contribution in [-0.2, 0) is 11.3 Å². The third kappa shape index (κ3) is 5.37. The Labute approximate surface area is 149 Å². The lowest BCUT2D eigenvalue weighted by atomic mass is 10.0. The Morgan fingerprint density at radius 2 is 2.04 bits per heavy atom. The van der Waals surface area contributed by atoms with Crippen LogP contribution in [0.4, 0.5) is 0 Å². The van der Waals surface area contributed by atoms with Crippen molar-refractivity contribution in [1.29, 1.82) is 0 Å². The molecule has 2 aromatic rings. The van der Waals surface area contributed by atoms with Crippen LogP contribution in [0.15, 0.2) is 42.7 Å². The zero-order valence-corrected chi connectivity index (χ0v) is 14.8. The first-order valence-corrected chi connectivity index (χ1v) is 8.96. The minimum absolute atomic E-state index is 0.386. The molecular formula is C19H28N4O2. The highest BCUT2D eigenvalue weighted by Crippen LogP contribution is 2.13. The number of ether oxygens (including phenoxy) is 1. The van der Waals surface area contributed by atoms with Crippen molar-refractivity contribution in [2.45, 2.75) is 31.5 Å². The van der Waals surface area contributed by atoms with E-state index in [9.17, 15) is 5.11 Å². The van der Waals surface area contributed by atoms with Crippen molar-refractivity contribution in [3.05, 3.63) is 48.3 Å². The highest BCUT2D eigenvalue weighted by Gasteiger charge is 2.20. The standard InChI is InChI=1S/C19H28N4O2/c1-25-15-19(24)14-22-11-7-17(8-12-22)20-13-16-3-5-18(6-4-16)23-10-2-9-21-23/h2-6,9-10,17,19-20,24H,7-8,11-15H2,1H3. The number of aliphatic hydroxyl groups is 1. The number of hydrogen-bond acceptors (Lipinski definition) is 5. The van der Waals surface area contributed by atoms with E-state index >= 15 is 0 Å². The van der Waals surface area contributed by atoms with E-state index < -0.39 is 0 Å². The van der Waals surface area contributed by atoms with E-state index in [1.165, 1.54) is 5.56 Å². The molecule has 0 saturated carbocycles. The molecule has 25 heavy (non-hydrogen) atoms. The van der Waals surface area contributed by atoms with Crippen LogP contribution in [0.25, 0.3) is 5.69 Å². The van der Waals surface area contributed by atoms with E-state index in [2.05, 4.69) is 39.6 Å². The SMILES string of the molecule is COCC(O)CN1CCC(NCc2ccc(-n3cccn3)cc2)CC1. The van der Waals surface area contributed by atoms with Crippen LogP contribution in [-0.4, -0.2) is 65.3 Å². The van der Waals surface area contributed by atoms with Gasteiger partial charge in [-0.3, -0.25) is 0 Å². The molecule has 1 aliphatic rings. The fourth-order valence-corrected chi connectivity index (χ4v) is 3.31. The van der Waals surface area contributed by atoms with Crippen LogP contribution in [0, 0.1) is 0 Å². The van der Waals surface area contributed by atoms with Crippen molar-refractivity contribution >= 4 is 0 Å². The first-order valence-electron chi connectivity index (χ1n) is 8.96. The fraction of sp³-hybridized carbons (Fsp3) is 0.526. The number of nitrogens with one attached hydrogen (secondary N) is 1. The molecule has 6 heteroatoms. The lowest BCUT2D eigenvalue weighted by Gasteiger charge is -2.33. The maximum atomic E-state index is 9.82. The van der Waals surface area contributed by atoms with Crippen molar-refractivity contribution in [3.63, 3.8) is 0 Å². The van der Waals surface area contributed by atoms with Crippen LogP contribution in [0.2, 0.25) is 0 Å². The second-order valence-electron chi connectivity index (χ2n) is 6.68. The van der Waals surface area contributed by atoms with Crippen LogP contribution in [0.3, 0.4) is 0 Å². The Morgan fingerprint density at radius 3 is 2.68 bits per heavy atom. The molecule has 1 saturated heterocycles. The maximum absolute atomic E-state index is 9.82. The summed E-state index contributed by atoms with van der Waals surface area (Å²) in [6.07, 6.45) is 5.58. The first kappa shape index (κ1) is 18.1. The monoisotopic (exact) mass is 344 g/mol. The number of piperidine rings is 1. The van der Waals surface area contributed by atoms with Crippen LogP contribution >= 0.6 is 0 Å². The molecule has 2 heterocycles. The summed E-state index contributed by atoms with van der Waals surface area (Å²) in [5.41, 5.74) is 2.37. The van der Waals surface area contributed by atoms with Gasteiger partial charge in [-0.15, -0.1) is 0 Å². The Hall–Kier alpha value is -1.73. The number of β-amino-alcohol motifs (C(OH)–C–C–N with tert-alkyl or cyclic N) is 1. The van der Waals surface area contributed by atoms with Crippen molar-refractivity contribution in [1.82, 2.24) is 20.0 Å². The normalized spacial score (nSPS) is 17.7. The number of nitrogens with zero attached hydrogens (tertiary/aromatic N) is 3. The summed E-state index contributed by atoms with van der Waals surface area (Å²) in [5, 5.41) is 17.7. The molecule has 1 fully saturated rings. The average Bonchev–Trinajstić information content (AvgIpc) is 3.16. The number of aromatic nitrogens is 2. The molecule has 1 atom stereocenters. The Kier molecular flexibility index (Phi) is 6.58. The van der Waals surface area contributed by atoms with Crippen molar-refractivity contribution < 1.29 is 9.84 Å². The molecule has 0 radical (unpaired) electrons. The molecule has 0 aliphatic carbocycles.